The van der Waals surface area contributed by atoms with E-state index in [1.165, 1.54) is 30.3 Å². The lowest BCUT2D eigenvalue weighted by atomic mass is 10.1. The van der Waals surface area contributed by atoms with E-state index in [2.05, 4.69) is 5.32 Å². The van der Waals surface area contributed by atoms with Crippen LogP contribution in [0.25, 0.3) is 6.08 Å². The number of hydrogen-bond acceptors (Lipinski definition) is 2. The van der Waals surface area contributed by atoms with Crippen LogP contribution in [0.1, 0.15) is 11.1 Å². The fraction of sp³-hybridized carbons (Fsp3) is 0.0588. The van der Waals surface area contributed by atoms with Gasteiger partial charge in [0.1, 0.15) is 17.5 Å². The van der Waals surface area contributed by atoms with Gasteiger partial charge in [-0.15, -0.1) is 0 Å². The van der Waals surface area contributed by atoms with E-state index in [1.54, 1.807) is 0 Å². The summed E-state index contributed by atoms with van der Waals surface area (Å²) < 4.78 is 12.8. The van der Waals surface area contributed by atoms with Gasteiger partial charge in [-0.2, -0.15) is 5.26 Å². The molecule has 0 fully saturated rings. The van der Waals surface area contributed by atoms with Crippen molar-refractivity contribution >= 4 is 17.7 Å². The lowest BCUT2D eigenvalue weighted by Gasteiger charge is -2.04. The van der Waals surface area contributed by atoms with Crippen molar-refractivity contribution in [3.8, 4) is 6.07 Å². The quantitative estimate of drug-likeness (QED) is 0.688. The minimum absolute atomic E-state index is 0.00933. The van der Waals surface area contributed by atoms with Gasteiger partial charge in [-0.25, -0.2) is 4.39 Å². The molecule has 0 saturated carbocycles. The monoisotopic (exact) mass is 280 g/mol. The molecule has 0 unspecified atom stereocenters. The number of amides is 1. The highest BCUT2D eigenvalue weighted by molar-refractivity contribution is 6.09. The average Bonchev–Trinajstić information content (AvgIpc) is 2.47. The second-order valence-corrected chi connectivity index (χ2v) is 4.54. The van der Waals surface area contributed by atoms with Crippen LogP contribution in [0.15, 0.2) is 54.1 Å². The molecule has 0 aliphatic carbocycles. The van der Waals surface area contributed by atoms with Crippen LogP contribution in [0, 0.1) is 24.1 Å². The van der Waals surface area contributed by atoms with Gasteiger partial charge in [-0.05, 0) is 42.8 Å². The molecule has 3 nitrogen and oxygen atoms in total. The maximum Gasteiger partial charge on any atom is 0.266 e. The first-order valence-corrected chi connectivity index (χ1v) is 6.34. The molecule has 0 spiro atoms. The van der Waals surface area contributed by atoms with Crippen molar-refractivity contribution in [1.82, 2.24) is 0 Å². The molecule has 1 N–H and O–H groups in total. The molecule has 2 rings (SSSR count). The van der Waals surface area contributed by atoms with Crippen LogP contribution in [-0.4, -0.2) is 5.91 Å². The Kier molecular flexibility index (Phi) is 4.47. The number of nitrogens with zero attached hydrogens (tertiary/aromatic N) is 1. The molecular weight excluding hydrogens is 267 g/mol. The van der Waals surface area contributed by atoms with E-state index in [9.17, 15) is 9.18 Å². The number of anilines is 1. The summed E-state index contributed by atoms with van der Waals surface area (Å²) in [7, 11) is 0. The number of halogens is 1. The molecule has 0 bridgehead atoms. The fourth-order valence-corrected chi connectivity index (χ4v) is 1.81. The second kappa shape index (κ2) is 6.49. The molecule has 104 valence electrons. The van der Waals surface area contributed by atoms with Gasteiger partial charge in [0, 0.05) is 5.69 Å². The van der Waals surface area contributed by atoms with E-state index in [-0.39, 0.29) is 11.4 Å². The number of aryl methyl sites for hydroxylation is 1. The van der Waals surface area contributed by atoms with Crippen LogP contribution in [0.5, 0.6) is 0 Å². The van der Waals surface area contributed by atoms with Crippen LogP contribution in [0.2, 0.25) is 0 Å². The molecule has 1 amide bonds. The number of nitrogens with one attached hydrogen (secondary N) is 1. The minimum atomic E-state index is -0.523. The zero-order chi connectivity index (χ0) is 15.2. The largest absolute Gasteiger partial charge is 0.321 e. The minimum Gasteiger partial charge on any atom is -0.321 e. The lowest BCUT2D eigenvalue weighted by molar-refractivity contribution is -0.112. The highest BCUT2D eigenvalue weighted by Gasteiger charge is 2.09. The summed E-state index contributed by atoms with van der Waals surface area (Å²) in [5, 5.41) is 11.7. The number of benzene rings is 2. The zero-order valence-corrected chi connectivity index (χ0v) is 11.4. The third-order valence-electron chi connectivity index (χ3n) is 2.82. The van der Waals surface area contributed by atoms with E-state index in [0.29, 0.717) is 5.69 Å². The molecule has 21 heavy (non-hydrogen) atoms. The number of carbonyl (C=O) groups is 1. The summed E-state index contributed by atoms with van der Waals surface area (Å²) in [5.74, 6) is -0.908. The van der Waals surface area contributed by atoms with Gasteiger partial charge in [0.2, 0.25) is 0 Å². The van der Waals surface area contributed by atoms with Crippen LogP contribution < -0.4 is 5.32 Å². The Morgan fingerprint density at radius 1 is 1.24 bits per heavy atom. The number of nitriles is 1. The van der Waals surface area contributed by atoms with Crippen molar-refractivity contribution in [3.05, 3.63) is 71.0 Å². The van der Waals surface area contributed by atoms with E-state index >= 15 is 0 Å². The number of rotatable bonds is 3. The third-order valence-corrected chi connectivity index (χ3v) is 2.82. The normalized spacial score (nSPS) is 10.8. The standard InChI is InChI=1S/C17H13FN2O/c1-12-3-2-4-13(9-12)10-14(11-19)17(21)20-16-7-5-15(18)6-8-16/h2-10H,1H3,(H,20,21). The van der Waals surface area contributed by atoms with Crippen LogP contribution in [0.4, 0.5) is 10.1 Å². The first kappa shape index (κ1) is 14.5. The van der Waals surface area contributed by atoms with Gasteiger partial charge >= 0.3 is 0 Å². The Bertz CT molecular complexity index is 727. The fourth-order valence-electron chi connectivity index (χ4n) is 1.81. The Morgan fingerprint density at radius 3 is 2.57 bits per heavy atom. The number of hydrogen-bond donors (Lipinski definition) is 1. The molecular formula is C17H13FN2O. The Balaban J connectivity index is 2.19. The summed E-state index contributed by atoms with van der Waals surface area (Å²) in [5.41, 5.74) is 2.25. The average molecular weight is 280 g/mol. The first-order chi connectivity index (χ1) is 10.1. The van der Waals surface area contributed by atoms with Crippen LogP contribution >= 0.6 is 0 Å². The van der Waals surface area contributed by atoms with E-state index in [4.69, 9.17) is 5.26 Å². The zero-order valence-electron chi connectivity index (χ0n) is 11.4. The summed E-state index contributed by atoms with van der Waals surface area (Å²) in [6.07, 6.45) is 1.52. The van der Waals surface area contributed by atoms with Gasteiger partial charge in [-0.1, -0.05) is 29.8 Å². The van der Waals surface area contributed by atoms with E-state index < -0.39 is 5.91 Å². The van der Waals surface area contributed by atoms with Gasteiger partial charge in [-0.3, -0.25) is 4.79 Å². The van der Waals surface area contributed by atoms with Crippen molar-refractivity contribution in [3.63, 3.8) is 0 Å². The molecule has 0 aliphatic rings. The van der Waals surface area contributed by atoms with Crippen LogP contribution in [0.3, 0.4) is 0 Å². The maximum absolute atomic E-state index is 12.8. The Labute approximate surface area is 122 Å². The van der Waals surface area contributed by atoms with Crippen LogP contribution in [-0.2, 0) is 4.79 Å². The van der Waals surface area contributed by atoms with Crippen molar-refractivity contribution in [2.45, 2.75) is 6.92 Å². The Hall–Kier alpha value is -2.93. The molecule has 0 radical (unpaired) electrons. The lowest BCUT2D eigenvalue weighted by Crippen LogP contribution is -2.13. The topological polar surface area (TPSA) is 52.9 Å². The van der Waals surface area contributed by atoms with Gasteiger partial charge < -0.3 is 5.32 Å². The predicted octanol–water partition coefficient (Wildman–Crippen LogP) is 3.68. The molecule has 0 aliphatic heterocycles. The summed E-state index contributed by atoms with van der Waals surface area (Å²) in [6.45, 7) is 1.93. The molecule has 0 atom stereocenters. The molecule has 0 heterocycles. The summed E-state index contributed by atoms with van der Waals surface area (Å²) >= 11 is 0. The predicted molar refractivity (Wildman–Crippen MR) is 79.8 cm³/mol. The molecule has 4 heteroatoms. The third kappa shape index (κ3) is 4.02. The number of carbonyl (C=O) groups excluding carboxylic acids is 1. The van der Waals surface area contributed by atoms with Crippen molar-refractivity contribution in [1.29, 1.82) is 5.26 Å². The highest BCUT2D eigenvalue weighted by atomic mass is 19.1. The first-order valence-electron chi connectivity index (χ1n) is 6.34. The molecule has 2 aromatic carbocycles. The smallest absolute Gasteiger partial charge is 0.266 e. The maximum atomic E-state index is 12.8. The van der Waals surface area contributed by atoms with E-state index in [1.807, 2.05) is 37.3 Å². The van der Waals surface area contributed by atoms with Gasteiger partial charge in [0.05, 0.1) is 0 Å². The Morgan fingerprint density at radius 2 is 1.95 bits per heavy atom. The van der Waals surface area contributed by atoms with Crippen molar-refractivity contribution in [2.75, 3.05) is 5.32 Å². The highest BCUT2D eigenvalue weighted by Crippen LogP contribution is 2.13. The van der Waals surface area contributed by atoms with Gasteiger partial charge in [0.25, 0.3) is 5.91 Å². The SMILES string of the molecule is Cc1cccc(C=C(C#N)C(=O)Nc2ccc(F)cc2)c1. The molecule has 0 aromatic heterocycles. The molecule has 2 aromatic rings. The van der Waals surface area contributed by atoms with Gasteiger partial charge in [0.15, 0.2) is 0 Å². The molecule has 0 saturated heterocycles. The summed E-state index contributed by atoms with van der Waals surface area (Å²) in [6, 6.07) is 14.7. The van der Waals surface area contributed by atoms with Crippen molar-refractivity contribution < 1.29 is 9.18 Å². The van der Waals surface area contributed by atoms with E-state index in [0.717, 1.165) is 11.1 Å². The van der Waals surface area contributed by atoms with Crippen molar-refractivity contribution in [2.24, 2.45) is 0 Å². The summed E-state index contributed by atoms with van der Waals surface area (Å²) in [4.78, 5) is 12.0. The second-order valence-electron chi connectivity index (χ2n) is 4.54.